The molecule has 1 aromatic carbocycles. The summed E-state index contributed by atoms with van der Waals surface area (Å²) in [7, 11) is 4.02. The lowest BCUT2D eigenvalue weighted by Crippen LogP contribution is -2.08. The second-order valence-electron chi connectivity index (χ2n) is 4.87. The lowest BCUT2D eigenvalue weighted by molar-refractivity contribution is 0.905. The minimum absolute atomic E-state index is 0.0976. The van der Waals surface area contributed by atoms with Gasteiger partial charge < -0.3 is 4.90 Å². The third kappa shape index (κ3) is 5.50. The van der Waals surface area contributed by atoms with E-state index in [0.717, 1.165) is 11.3 Å². The van der Waals surface area contributed by atoms with Crippen LogP contribution >= 0.6 is 34.8 Å². The average molecular weight is 370 g/mol. The highest BCUT2D eigenvalue weighted by Gasteiger charge is 2.26. The van der Waals surface area contributed by atoms with E-state index in [4.69, 9.17) is 34.8 Å². The first-order valence-electron chi connectivity index (χ1n) is 6.74. The van der Waals surface area contributed by atoms with Gasteiger partial charge in [-0.25, -0.2) is 15.0 Å². The number of alkyl halides is 3. The second kappa shape index (κ2) is 7.77. The van der Waals surface area contributed by atoms with E-state index in [9.17, 15) is 0 Å². The summed E-state index contributed by atoms with van der Waals surface area (Å²) in [6.07, 6.45) is 8.72. The van der Waals surface area contributed by atoms with Crippen molar-refractivity contribution in [1.82, 2.24) is 15.0 Å². The maximum atomic E-state index is 5.74. The Morgan fingerprint density at radius 2 is 1.61 bits per heavy atom. The molecule has 2 rings (SSSR count). The fourth-order valence-corrected chi connectivity index (χ4v) is 1.99. The summed E-state index contributed by atoms with van der Waals surface area (Å²) in [6.45, 7) is 0. The molecular weight excluding hydrogens is 355 g/mol. The quantitative estimate of drug-likeness (QED) is 0.588. The number of nitrogens with zero attached hydrogens (tertiary/aromatic N) is 4. The number of halogens is 3. The molecule has 4 nitrogen and oxygen atoms in total. The molecule has 0 atom stereocenters. The highest BCUT2D eigenvalue weighted by Crippen LogP contribution is 2.35. The summed E-state index contributed by atoms with van der Waals surface area (Å²) in [5.74, 6) is 0.523. The molecule has 0 saturated carbocycles. The molecule has 0 aliphatic heterocycles. The molecule has 0 fully saturated rings. The molecular formula is C16H15Cl3N4. The normalized spacial score (nSPS) is 12.2. The minimum Gasteiger partial charge on any atom is -0.378 e. The molecule has 23 heavy (non-hydrogen) atoms. The van der Waals surface area contributed by atoms with E-state index in [1.165, 1.54) is 6.33 Å². The van der Waals surface area contributed by atoms with Crippen LogP contribution in [0.15, 0.2) is 42.7 Å². The SMILES string of the molecule is CN(C)c1ccc(C=CC=Cc2ncnc(C(Cl)(Cl)Cl)n2)cc1. The van der Waals surface area contributed by atoms with Crippen molar-refractivity contribution in [2.45, 2.75) is 3.79 Å². The third-order valence-corrected chi connectivity index (χ3v) is 3.41. The maximum Gasteiger partial charge on any atom is 0.250 e. The predicted molar refractivity (Wildman–Crippen MR) is 97.9 cm³/mol. The van der Waals surface area contributed by atoms with Crippen molar-refractivity contribution in [3.05, 3.63) is 60.0 Å². The fourth-order valence-electron chi connectivity index (χ4n) is 1.72. The Morgan fingerprint density at radius 3 is 2.22 bits per heavy atom. The van der Waals surface area contributed by atoms with E-state index in [1.807, 2.05) is 44.5 Å². The average Bonchev–Trinajstić information content (AvgIpc) is 2.51. The fraction of sp³-hybridized carbons (Fsp3) is 0.188. The van der Waals surface area contributed by atoms with Crippen LogP contribution < -0.4 is 4.90 Å². The van der Waals surface area contributed by atoms with E-state index < -0.39 is 3.79 Å². The van der Waals surface area contributed by atoms with Crippen LogP contribution in [0.5, 0.6) is 0 Å². The number of hydrogen-bond acceptors (Lipinski definition) is 4. The predicted octanol–water partition coefficient (Wildman–Crippen LogP) is 4.49. The standard InChI is InChI=1S/C16H15Cl3N4/c1-23(2)13-9-7-12(8-10-13)5-3-4-6-14-20-11-21-15(22-14)16(17,18)19/h3-11H,1-2H3. The largest absolute Gasteiger partial charge is 0.378 e. The van der Waals surface area contributed by atoms with Crippen molar-refractivity contribution in [1.29, 1.82) is 0 Å². The lowest BCUT2D eigenvalue weighted by atomic mass is 10.2. The lowest BCUT2D eigenvalue weighted by Gasteiger charge is -2.11. The van der Waals surface area contributed by atoms with Crippen LogP contribution in [0.1, 0.15) is 17.2 Å². The van der Waals surface area contributed by atoms with Gasteiger partial charge in [0.15, 0.2) is 11.6 Å². The summed E-state index contributed by atoms with van der Waals surface area (Å²) in [6, 6.07) is 8.21. The van der Waals surface area contributed by atoms with Crippen LogP contribution in [-0.4, -0.2) is 29.0 Å². The summed E-state index contributed by atoms with van der Waals surface area (Å²) < 4.78 is -1.66. The van der Waals surface area contributed by atoms with Crippen LogP contribution in [-0.2, 0) is 3.79 Å². The molecule has 1 aromatic heterocycles. The van der Waals surface area contributed by atoms with E-state index >= 15 is 0 Å². The molecule has 0 amide bonds. The molecule has 0 unspecified atom stereocenters. The number of benzene rings is 1. The van der Waals surface area contributed by atoms with Gasteiger partial charge in [-0.1, -0.05) is 65.2 Å². The molecule has 0 radical (unpaired) electrons. The van der Waals surface area contributed by atoms with Crippen molar-refractivity contribution in [2.24, 2.45) is 0 Å². The van der Waals surface area contributed by atoms with Crippen LogP contribution in [0, 0.1) is 0 Å². The molecule has 7 heteroatoms. The Balaban J connectivity index is 2.04. The van der Waals surface area contributed by atoms with Crippen molar-refractivity contribution in [3.8, 4) is 0 Å². The minimum atomic E-state index is -1.66. The van der Waals surface area contributed by atoms with Crippen molar-refractivity contribution >= 4 is 52.6 Å². The molecule has 0 N–H and O–H groups in total. The van der Waals surface area contributed by atoms with Crippen LogP contribution in [0.4, 0.5) is 5.69 Å². The Hall–Kier alpha value is -1.62. The summed E-state index contributed by atoms with van der Waals surface area (Å²) >= 11 is 17.2. The summed E-state index contributed by atoms with van der Waals surface area (Å²) in [4.78, 5) is 14.0. The highest BCUT2D eigenvalue weighted by atomic mass is 35.6. The summed E-state index contributed by atoms with van der Waals surface area (Å²) in [5, 5.41) is 0. The molecule has 1 heterocycles. The molecule has 0 bridgehead atoms. The Bertz CT molecular complexity index is 704. The monoisotopic (exact) mass is 368 g/mol. The number of hydrogen-bond donors (Lipinski definition) is 0. The van der Waals surface area contributed by atoms with Gasteiger partial charge in [0.05, 0.1) is 0 Å². The van der Waals surface area contributed by atoms with Gasteiger partial charge in [0, 0.05) is 19.8 Å². The number of aromatic nitrogens is 3. The molecule has 0 spiro atoms. The number of anilines is 1. The smallest absolute Gasteiger partial charge is 0.250 e. The maximum absolute atomic E-state index is 5.74. The Labute approximate surface area is 150 Å². The van der Waals surface area contributed by atoms with Gasteiger partial charge in [0.1, 0.15) is 6.33 Å². The van der Waals surface area contributed by atoms with Crippen molar-refractivity contribution in [3.63, 3.8) is 0 Å². The topological polar surface area (TPSA) is 41.9 Å². The molecule has 0 aliphatic rings. The van der Waals surface area contributed by atoms with Crippen molar-refractivity contribution in [2.75, 3.05) is 19.0 Å². The van der Waals surface area contributed by atoms with Crippen molar-refractivity contribution < 1.29 is 0 Å². The van der Waals surface area contributed by atoms with Gasteiger partial charge in [-0.05, 0) is 23.8 Å². The zero-order valence-corrected chi connectivity index (χ0v) is 14.9. The number of rotatable bonds is 4. The van der Waals surface area contributed by atoms with Gasteiger partial charge in [0.25, 0.3) is 0 Å². The molecule has 0 saturated heterocycles. The van der Waals surface area contributed by atoms with E-state index in [-0.39, 0.29) is 5.82 Å². The van der Waals surface area contributed by atoms with Gasteiger partial charge >= 0.3 is 0 Å². The molecule has 2 aromatic rings. The van der Waals surface area contributed by atoms with Crippen LogP contribution in [0.3, 0.4) is 0 Å². The summed E-state index contributed by atoms with van der Waals surface area (Å²) in [5.41, 5.74) is 2.25. The first kappa shape index (κ1) is 17.7. The molecule has 120 valence electrons. The van der Waals surface area contributed by atoms with E-state index in [2.05, 4.69) is 32.0 Å². The zero-order valence-electron chi connectivity index (χ0n) is 12.6. The van der Waals surface area contributed by atoms with Crippen LogP contribution in [0.25, 0.3) is 12.2 Å². The van der Waals surface area contributed by atoms with Gasteiger partial charge in [-0.3, -0.25) is 0 Å². The zero-order chi connectivity index (χ0) is 16.9. The van der Waals surface area contributed by atoms with Gasteiger partial charge in [-0.15, -0.1) is 0 Å². The highest BCUT2D eigenvalue weighted by molar-refractivity contribution is 6.66. The molecule has 0 aliphatic carbocycles. The second-order valence-corrected chi connectivity index (χ2v) is 7.15. The van der Waals surface area contributed by atoms with Gasteiger partial charge in [-0.2, -0.15) is 0 Å². The van der Waals surface area contributed by atoms with E-state index in [1.54, 1.807) is 6.08 Å². The first-order valence-corrected chi connectivity index (χ1v) is 7.88. The first-order chi connectivity index (χ1) is 10.9. The van der Waals surface area contributed by atoms with Gasteiger partial charge in [0.2, 0.25) is 3.79 Å². The Morgan fingerprint density at radius 1 is 0.957 bits per heavy atom. The third-order valence-electron chi connectivity index (χ3n) is 2.90. The van der Waals surface area contributed by atoms with E-state index in [0.29, 0.717) is 5.82 Å². The Kier molecular flexibility index (Phi) is 5.99. The number of allylic oxidation sites excluding steroid dienone is 2. The van der Waals surface area contributed by atoms with Crippen LogP contribution in [0.2, 0.25) is 0 Å².